The van der Waals surface area contributed by atoms with Gasteiger partial charge in [-0.1, -0.05) is 51.1 Å². The third-order valence-corrected chi connectivity index (χ3v) is 10.1. The predicted molar refractivity (Wildman–Crippen MR) is 238 cm³/mol. The summed E-state index contributed by atoms with van der Waals surface area (Å²) < 4.78 is 31.3. The molecule has 4 aromatic rings. The maximum absolute atomic E-state index is 15.1. The van der Waals surface area contributed by atoms with E-state index in [2.05, 4.69) is 31.6 Å². The monoisotopic (exact) mass is 903 g/mol. The van der Waals surface area contributed by atoms with Crippen molar-refractivity contribution in [3.05, 3.63) is 114 Å². The van der Waals surface area contributed by atoms with Crippen LogP contribution in [0.25, 0.3) is 11.1 Å². The SMILES string of the molecule is CNC(=O)C(CCN(C(=O)CO)C(c1cc(-c2cc(F)ccc2F)cn1Cc1ccccc1)C(C)(C)C)NC(=O)C(CC(N)=O)NC(=O)C(C)NC.O=CCNC(=O)Cc1ccncc1. The number of nitrogens with one attached hydrogen (secondary N) is 5. The first-order valence-electron chi connectivity index (χ1n) is 20.8. The maximum Gasteiger partial charge on any atom is 0.248 e. The van der Waals surface area contributed by atoms with Gasteiger partial charge in [-0.2, -0.15) is 0 Å². The Kier molecular flexibility index (Phi) is 20.5. The summed E-state index contributed by atoms with van der Waals surface area (Å²) in [6.45, 7) is 6.50. The summed E-state index contributed by atoms with van der Waals surface area (Å²) in [5, 5.41) is 22.9. The Morgan fingerprint density at radius 3 is 2.14 bits per heavy atom. The quantitative estimate of drug-likeness (QED) is 0.0599. The fourth-order valence-corrected chi connectivity index (χ4v) is 6.83. The number of nitrogens with zero attached hydrogens (tertiary/aromatic N) is 3. The number of primary amides is 1. The molecule has 19 heteroatoms. The highest BCUT2D eigenvalue weighted by molar-refractivity contribution is 5.95. The molecule has 4 rings (SSSR count). The molecule has 17 nitrogen and oxygen atoms in total. The number of carbonyl (C=O) groups excluding carboxylic acids is 7. The molecule has 2 aromatic heterocycles. The van der Waals surface area contributed by atoms with E-state index in [0.717, 1.165) is 29.3 Å². The Balaban J connectivity index is 0.000000738. The highest BCUT2D eigenvalue weighted by Crippen LogP contribution is 2.41. The van der Waals surface area contributed by atoms with E-state index in [0.29, 0.717) is 24.1 Å². The van der Waals surface area contributed by atoms with Gasteiger partial charge in [0.25, 0.3) is 0 Å². The van der Waals surface area contributed by atoms with Gasteiger partial charge in [0.2, 0.25) is 35.4 Å². The predicted octanol–water partition coefficient (Wildman–Crippen LogP) is 1.92. The minimum atomic E-state index is -1.40. The first-order valence-corrected chi connectivity index (χ1v) is 20.8. The molecule has 0 saturated carbocycles. The lowest BCUT2D eigenvalue weighted by Crippen LogP contribution is -2.57. The highest BCUT2D eigenvalue weighted by Gasteiger charge is 2.38. The second-order valence-corrected chi connectivity index (χ2v) is 16.1. The molecule has 4 atom stereocenters. The lowest BCUT2D eigenvalue weighted by molar-refractivity contribution is -0.140. The van der Waals surface area contributed by atoms with Gasteiger partial charge in [0, 0.05) is 55.5 Å². The van der Waals surface area contributed by atoms with E-state index in [4.69, 9.17) is 5.73 Å². The van der Waals surface area contributed by atoms with Gasteiger partial charge in [-0.15, -0.1) is 0 Å². The number of halogens is 2. The number of aliphatic hydroxyl groups is 1. The maximum atomic E-state index is 15.1. The minimum absolute atomic E-state index is 0.0184. The summed E-state index contributed by atoms with van der Waals surface area (Å²) in [7, 11) is 2.90. The Bertz CT molecular complexity index is 2240. The van der Waals surface area contributed by atoms with Crippen LogP contribution in [0, 0.1) is 17.0 Å². The molecule has 0 bridgehead atoms. The number of aromatic nitrogens is 2. The average Bonchev–Trinajstić information content (AvgIpc) is 3.68. The fourth-order valence-electron chi connectivity index (χ4n) is 6.83. The van der Waals surface area contributed by atoms with E-state index in [-0.39, 0.29) is 37.4 Å². The summed E-state index contributed by atoms with van der Waals surface area (Å²) in [6, 6.07) is 13.6. The van der Waals surface area contributed by atoms with Crippen molar-refractivity contribution in [2.24, 2.45) is 11.1 Å². The third-order valence-electron chi connectivity index (χ3n) is 10.1. The third kappa shape index (κ3) is 16.3. The molecule has 0 spiro atoms. The normalized spacial score (nSPS) is 12.8. The van der Waals surface area contributed by atoms with Crippen molar-refractivity contribution in [1.82, 2.24) is 41.0 Å². The molecule has 8 N–H and O–H groups in total. The zero-order valence-corrected chi connectivity index (χ0v) is 37.4. The molecule has 0 saturated heterocycles. The van der Waals surface area contributed by atoms with E-state index in [1.807, 2.05) is 55.7 Å². The van der Waals surface area contributed by atoms with Crippen LogP contribution in [0.2, 0.25) is 0 Å². The number of hydrogen-bond acceptors (Lipinski definition) is 10. The van der Waals surface area contributed by atoms with Gasteiger partial charge in [-0.05, 0) is 73.3 Å². The number of hydrogen-bond donors (Lipinski definition) is 7. The average molecular weight is 904 g/mol. The number of carbonyl (C=O) groups is 7. The largest absolute Gasteiger partial charge is 0.387 e. The van der Waals surface area contributed by atoms with E-state index < -0.39 is 83.8 Å². The van der Waals surface area contributed by atoms with E-state index >= 15 is 4.39 Å². The van der Waals surface area contributed by atoms with Crippen LogP contribution in [0.1, 0.15) is 63.4 Å². The number of aliphatic hydroxyl groups excluding tert-OH is 1. The smallest absolute Gasteiger partial charge is 0.248 e. The molecule has 350 valence electrons. The molecule has 0 aliphatic rings. The molecule has 0 aliphatic heterocycles. The number of nitrogens with two attached hydrogens (primary N) is 1. The Morgan fingerprint density at radius 2 is 1.55 bits per heavy atom. The Morgan fingerprint density at radius 1 is 0.892 bits per heavy atom. The number of amides is 6. The molecule has 2 aromatic carbocycles. The number of aldehydes is 1. The molecular weight excluding hydrogens is 845 g/mol. The first kappa shape index (κ1) is 52.5. The number of likely N-dealkylation sites (N-methyl/N-ethyl adjacent to an activating group) is 2. The molecule has 0 fully saturated rings. The van der Waals surface area contributed by atoms with Gasteiger partial charge in [-0.25, -0.2) is 8.78 Å². The molecule has 6 amide bonds. The van der Waals surface area contributed by atoms with E-state index in [1.54, 1.807) is 50.8 Å². The highest BCUT2D eigenvalue weighted by atomic mass is 19.1. The van der Waals surface area contributed by atoms with E-state index in [9.17, 15) is 43.1 Å². The number of pyridine rings is 1. The van der Waals surface area contributed by atoms with Crippen LogP contribution in [0.5, 0.6) is 0 Å². The molecule has 65 heavy (non-hydrogen) atoms. The van der Waals surface area contributed by atoms with Crippen molar-refractivity contribution in [3.8, 4) is 11.1 Å². The fraction of sp³-hybridized carbons (Fsp3) is 0.391. The second kappa shape index (κ2) is 25.4. The lowest BCUT2D eigenvalue weighted by Gasteiger charge is -2.41. The van der Waals surface area contributed by atoms with Gasteiger partial charge in [-0.3, -0.25) is 33.8 Å². The molecular formula is C46H59F2N9O8. The summed E-state index contributed by atoms with van der Waals surface area (Å²) >= 11 is 0. The summed E-state index contributed by atoms with van der Waals surface area (Å²) in [5.41, 5.74) is 7.31. The first-order chi connectivity index (χ1) is 30.8. The van der Waals surface area contributed by atoms with Gasteiger partial charge in [0.1, 0.15) is 36.6 Å². The van der Waals surface area contributed by atoms with Crippen LogP contribution in [0.15, 0.2) is 85.3 Å². The summed E-state index contributed by atoms with van der Waals surface area (Å²) in [4.78, 5) is 90.7. The van der Waals surface area contributed by atoms with E-state index in [1.165, 1.54) is 11.9 Å². The number of rotatable bonds is 21. The van der Waals surface area contributed by atoms with Crippen molar-refractivity contribution in [1.29, 1.82) is 0 Å². The van der Waals surface area contributed by atoms with Crippen LogP contribution < -0.4 is 32.3 Å². The topological polar surface area (TPSA) is 247 Å². The Labute approximate surface area is 376 Å². The van der Waals surface area contributed by atoms with Crippen molar-refractivity contribution >= 4 is 41.7 Å². The van der Waals surface area contributed by atoms with Crippen LogP contribution in [0.4, 0.5) is 8.78 Å². The zero-order valence-electron chi connectivity index (χ0n) is 37.4. The molecule has 0 aliphatic carbocycles. The van der Waals surface area contributed by atoms with Crippen molar-refractivity contribution < 1.29 is 47.4 Å². The zero-order chi connectivity index (χ0) is 48.3. The van der Waals surface area contributed by atoms with Crippen molar-refractivity contribution in [3.63, 3.8) is 0 Å². The Hall–Kier alpha value is -6.86. The van der Waals surface area contributed by atoms with Gasteiger partial charge >= 0.3 is 0 Å². The van der Waals surface area contributed by atoms with Crippen LogP contribution in [-0.2, 0) is 46.5 Å². The standard InChI is InChI=1S/C37H49F2N7O6.C9H10N2O2/c1-22(41-5)34(50)44-29(18-31(40)48)36(52)43-28(35(51)42-6)14-15-46(32(49)21-47)33(37(2,3)4)30-16-24(26-17-25(38)12-13-27(26)39)20-45(30)19-23-10-8-7-9-11-23;12-6-5-11-9(13)7-8-1-3-10-4-2-8/h7-13,16-17,20,22,28-29,33,41,47H,14-15,18-19,21H2,1-6H3,(H2,40,48)(H,42,51)(H,43,52)(H,44,50);1-4,6H,5,7H2,(H,11,13). The minimum Gasteiger partial charge on any atom is -0.387 e. The van der Waals surface area contributed by atoms with Crippen LogP contribution in [0.3, 0.4) is 0 Å². The molecule has 4 unspecified atom stereocenters. The van der Waals surface area contributed by atoms with Gasteiger partial charge in [0.05, 0.1) is 31.5 Å². The van der Waals surface area contributed by atoms with Gasteiger partial charge in [0.15, 0.2) is 0 Å². The number of benzene rings is 2. The second-order valence-electron chi connectivity index (χ2n) is 16.1. The molecule has 2 heterocycles. The van der Waals surface area contributed by atoms with Crippen molar-refractivity contribution in [2.75, 3.05) is 33.8 Å². The van der Waals surface area contributed by atoms with Crippen molar-refractivity contribution in [2.45, 2.75) is 77.7 Å². The molecule has 0 radical (unpaired) electrons. The van der Waals surface area contributed by atoms with Gasteiger partial charge < -0.3 is 51.7 Å². The summed E-state index contributed by atoms with van der Waals surface area (Å²) in [5.74, 6) is -5.03. The summed E-state index contributed by atoms with van der Waals surface area (Å²) in [6.07, 6.45) is 5.18. The van der Waals surface area contributed by atoms with Crippen LogP contribution in [-0.4, -0.2) is 113 Å². The van der Waals surface area contributed by atoms with Crippen LogP contribution >= 0.6 is 0 Å². The lowest BCUT2D eigenvalue weighted by atomic mass is 9.82.